The minimum absolute atomic E-state index is 0.0380. The van der Waals surface area contributed by atoms with Crippen molar-refractivity contribution in [3.05, 3.63) is 35.9 Å². The molecular formula is C14H19NO6S. The second-order valence-corrected chi connectivity index (χ2v) is 7.07. The number of carbonyl (C=O) groups excluding carboxylic acids is 1. The molecule has 0 aromatic heterocycles. The maximum Gasteiger partial charge on any atom is 0.407 e. The molecule has 0 heterocycles. The lowest BCUT2D eigenvalue weighted by molar-refractivity contribution is -0.139. The molecule has 0 aliphatic rings. The topological polar surface area (TPSA) is 110 Å². The zero-order valence-corrected chi connectivity index (χ0v) is 13.0. The molecule has 1 rings (SSSR count). The molecule has 0 saturated carbocycles. The number of alkyl carbamates (subject to hydrolysis) is 1. The molecule has 0 fully saturated rings. The number of nitrogens with one attached hydrogen (secondary N) is 1. The van der Waals surface area contributed by atoms with E-state index >= 15 is 0 Å². The number of ether oxygens (including phenoxy) is 1. The number of carbonyl (C=O) groups is 2. The molecule has 0 bridgehead atoms. The molecule has 7 nitrogen and oxygen atoms in total. The van der Waals surface area contributed by atoms with Crippen LogP contribution < -0.4 is 5.32 Å². The predicted octanol–water partition coefficient (Wildman–Crippen LogP) is 0.843. The van der Waals surface area contributed by atoms with Crippen molar-refractivity contribution in [2.75, 3.05) is 18.1 Å². The first kappa shape index (κ1) is 18.0. The first-order valence-electron chi connectivity index (χ1n) is 6.74. The number of hydrogen-bond acceptors (Lipinski definition) is 5. The van der Waals surface area contributed by atoms with Crippen LogP contribution in [0.15, 0.2) is 30.3 Å². The average Bonchev–Trinajstić information content (AvgIpc) is 2.47. The number of carboxylic acid groups (broad SMARTS) is 1. The fourth-order valence-electron chi connectivity index (χ4n) is 1.64. The zero-order chi connectivity index (χ0) is 16.6. The van der Waals surface area contributed by atoms with Crippen LogP contribution in [0.3, 0.4) is 0 Å². The number of hydrogen-bond donors (Lipinski definition) is 2. The minimum atomic E-state index is -3.23. The molecule has 1 aromatic rings. The van der Waals surface area contributed by atoms with Crippen LogP contribution in [-0.4, -0.2) is 49.7 Å². The van der Waals surface area contributed by atoms with Crippen molar-refractivity contribution in [3.63, 3.8) is 0 Å². The van der Waals surface area contributed by atoms with Crippen LogP contribution in [0.4, 0.5) is 4.79 Å². The molecule has 2 N–H and O–H groups in total. The Labute approximate surface area is 129 Å². The summed E-state index contributed by atoms with van der Waals surface area (Å²) in [7, 11) is -3.23. The van der Waals surface area contributed by atoms with Crippen molar-refractivity contribution < 1.29 is 27.9 Å². The summed E-state index contributed by atoms with van der Waals surface area (Å²) in [5, 5.41) is 11.3. The van der Waals surface area contributed by atoms with Crippen LogP contribution in [0.5, 0.6) is 0 Å². The SMILES string of the molecule is CCS(=O)(=O)CCOC(=O)N[C@@H](Cc1ccccc1)C(=O)O. The van der Waals surface area contributed by atoms with E-state index in [1.807, 2.05) is 0 Å². The van der Waals surface area contributed by atoms with Gasteiger partial charge >= 0.3 is 12.1 Å². The predicted molar refractivity (Wildman–Crippen MR) is 80.4 cm³/mol. The molecule has 122 valence electrons. The van der Waals surface area contributed by atoms with E-state index in [0.29, 0.717) is 0 Å². The first-order valence-corrected chi connectivity index (χ1v) is 8.56. The molecule has 8 heteroatoms. The van der Waals surface area contributed by atoms with Gasteiger partial charge in [-0.25, -0.2) is 18.0 Å². The van der Waals surface area contributed by atoms with Crippen LogP contribution in [-0.2, 0) is 25.8 Å². The maximum absolute atomic E-state index is 11.5. The van der Waals surface area contributed by atoms with Gasteiger partial charge in [0.25, 0.3) is 0 Å². The Morgan fingerprint density at radius 1 is 1.27 bits per heavy atom. The average molecular weight is 329 g/mol. The van der Waals surface area contributed by atoms with E-state index in [1.54, 1.807) is 30.3 Å². The van der Waals surface area contributed by atoms with Crippen LogP contribution in [0.25, 0.3) is 0 Å². The highest BCUT2D eigenvalue weighted by molar-refractivity contribution is 7.91. The third-order valence-corrected chi connectivity index (χ3v) is 4.61. The third kappa shape index (κ3) is 6.57. The van der Waals surface area contributed by atoms with Crippen molar-refractivity contribution in [2.24, 2.45) is 0 Å². The van der Waals surface area contributed by atoms with E-state index in [-0.39, 0.29) is 24.5 Å². The second kappa shape index (κ2) is 8.38. The number of carboxylic acids is 1. The van der Waals surface area contributed by atoms with Gasteiger partial charge in [0.1, 0.15) is 12.6 Å². The minimum Gasteiger partial charge on any atom is -0.480 e. The molecule has 22 heavy (non-hydrogen) atoms. The van der Waals surface area contributed by atoms with E-state index in [2.05, 4.69) is 5.32 Å². The molecule has 1 atom stereocenters. The van der Waals surface area contributed by atoms with Gasteiger partial charge < -0.3 is 15.2 Å². The molecule has 1 amide bonds. The van der Waals surface area contributed by atoms with Crippen molar-refractivity contribution in [3.8, 4) is 0 Å². The summed E-state index contributed by atoms with van der Waals surface area (Å²) < 4.78 is 27.2. The third-order valence-electron chi connectivity index (χ3n) is 2.94. The summed E-state index contributed by atoms with van der Waals surface area (Å²) in [5.74, 6) is -1.51. The number of sulfone groups is 1. The van der Waals surface area contributed by atoms with E-state index in [9.17, 15) is 18.0 Å². The van der Waals surface area contributed by atoms with E-state index < -0.39 is 27.9 Å². The van der Waals surface area contributed by atoms with E-state index in [1.165, 1.54) is 6.92 Å². The van der Waals surface area contributed by atoms with Gasteiger partial charge in [0.15, 0.2) is 9.84 Å². The molecule has 0 saturated heterocycles. The van der Waals surface area contributed by atoms with Gasteiger partial charge in [-0.1, -0.05) is 37.3 Å². The van der Waals surface area contributed by atoms with Gasteiger partial charge in [-0.3, -0.25) is 0 Å². The van der Waals surface area contributed by atoms with E-state index in [4.69, 9.17) is 9.84 Å². The largest absolute Gasteiger partial charge is 0.480 e. The van der Waals surface area contributed by atoms with Crippen molar-refractivity contribution in [1.29, 1.82) is 0 Å². The molecule has 0 spiro atoms. The number of aliphatic carboxylic acids is 1. The number of amides is 1. The molecule has 0 unspecified atom stereocenters. The highest BCUT2D eigenvalue weighted by Gasteiger charge is 2.21. The van der Waals surface area contributed by atoms with Gasteiger partial charge in [-0.05, 0) is 5.56 Å². The number of rotatable bonds is 8. The molecule has 0 radical (unpaired) electrons. The Balaban J connectivity index is 2.50. The Morgan fingerprint density at radius 2 is 1.91 bits per heavy atom. The lowest BCUT2D eigenvalue weighted by Crippen LogP contribution is -2.43. The quantitative estimate of drug-likeness (QED) is 0.731. The van der Waals surface area contributed by atoms with Gasteiger partial charge in [0.05, 0.1) is 5.75 Å². The van der Waals surface area contributed by atoms with Crippen molar-refractivity contribution in [2.45, 2.75) is 19.4 Å². The van der Waals surface area contributed by atoms with Crippen molar-refractivity contribution >= 4 is 21.9 Å². The van der Waals surface area contributed by atoms with E-state index in [0.717, 1.165) is 5.56 Å². The first-order chi connectivity index (χ1) is 10.3. The highest BCUT2D eigenvalue weighted by atomic mass is 32.2. The zero-order valence-electron chi connectivity index (χ0n) is 12.2. The van der Waals surface area contributed by atoms with Gasteiger partial charge in [0, 0.05) is 12.2 Å². The normalized spacial score (nSPS) is 12.4. The molecular weight excluding hydrogens is 310 g/mol. The fourth-order valence-corrected chi connectivity index (χ4v) is 2.27. The maximum atomic E-state index is 11.5. The summed E-state index contributed by atoms with van der Waals surface area (Å²) >= 11 is 0. The lowest BCUT2D eigenvalue weighted by atomic mass is 10.1. The molecule has 0 aliphatic carbocycles. The van der Waals surface area contributed by atoms with Gasteiger partial charge in [-0.15, -0.1) is 0 Å². The van der Waals surface area contributed by atoms with Crippen LogP contribution in [0.1, 0.15) is 12.5 Å². The summed E-state index contributed by atoms with van der Waals surface area (Å²) in [5.41, 5.74) is 0.753. The Morgan fingerprint density at radius 3 is 2.45 bits per heavy atom. The van der Waals surface area contributed by atoms with Crippen LogP contribution in [0.2, 0.25) is 0 Å². The molecule has 1 aromatic carbocycles. The standard InChI is InChI=1S/C14H19NO6S/c1-2-22(19,20)9-8-21-14(18)15-12(13(16)17)10-11-6-4-3-5-7-11/h3-7,12H,2,8-10H2,1H3,(H,15,18)(H,16,17)/t12-/m0/s1. The Kier molecular flexibility index (Phi) is 6.84. The summed E-state index contributed by atoms with van der Waals surface area (Å²) in [6.07, 6.45) is -0.840. The van der Waals surface area contributed by atoms with Crippen LogP contribution in [0, 0.1) is 0 Å². The number of benzene rings is 1. The Bertz CT molecular complexity index is 599. The summed E-state index contributed by atoms with van der Waals surface area (Å²) in [4.78, 5) is 22.7. The second-order valence-electron chi connectivity index (χ2n) is 4.60. The highest BCUT2D eigenvalue weighted by Crippen LogP contribution is 2.04. The Hall–Kier alpha value is -2.09. The summed E-state index contributed by atoms with van der Waals surface area (Å²) in [6.45, 7) is 1.19. The van der Waals surface area contributed by atoms with Crippen molar-refractivity contribution in [1.82, 2.24) is 5.32 Å². The monoisotopic (exact) mass is 329 g/mol. The fraction of sp³-hybridized carbons (Fsp3) is 0.429. The molecule has 0 aliphatic heterocycles. The van der Waals surface area contributed by atoms with Gasteiger partial charge in [-0.2, -0.15) is 0 Å². The summed E-state index contributed by atoms with van der Waals surface area (Å²) in [6, 6.07) is 7.69. The van der Waals surface area contributed by atoms with Crippen LogP contribution >= 0.6 is 0 Å². The lowest BCUT2D eigenvalue weighted by Gasteiger charge is -2.14. The smallest absolute Gasteiger partial charge is 0.407 e. The van der Waals surface area contributed by atoms with Gasteiger partial charge in [0.2, 0.25) is 0 Å².